The minimum atomic E-state index is -0.217. The number of aromatic nitrogens is 5. The maximum absolute atomic E-state index is 11.5. The first kappa shape index (κ1) is 15.8. The second-order valence-corrected chi connectivity index (χ2v) is 7.02. The normalized spacial score (nSPS) is 12.1. The highest BCUT2D eigenvalue weighted by Crippen LogP contribution is 2.29. The number of aryl methyl sites for hydroxylation is 2. The van der Waals surface area contributed by atoms with Gasteiger partial charge in [0.15, 0.2) is 5.16 Å². The standard InChI is InChI=1S/C13H22N6OS/c1-8-9(7-14-13(2,3)4)10(19(6)17-8)21-12-16-15-11(20)18(12)5/h14H,7H2,1-6H3,(H,15,20). The van der Waals surface area contributed by atoms with Crippen LogP contribution in [0, 0.1) is 6.92 Å². The van der Waals surface area contributed by atoms with Gasteiger partial charge in [0.2, 0.25) is 0 Å². The van der Waals surface area contributed by atoms with Crippen molar-refractivity contribution >= 4 is 11.8 Å². The van der Waals surface area contributed by atoms with E-state index in [4.69, 9.17) is 0 Å². The molecule has 2 rings (SSSR count). The fraction of sp³-hybridized carbons (Fsp3) is 0.615. The van der Waals surface area contributed by atoms with E-state index in [0.29, 0.717) is 5.16 Å². The maximum Gasteiger partial charge on any atom is 0.343 e. The molecule has 7 nitrogen and oxygen atoms in total. The Balaban J connectivity index is 2.30. The molecule has 0 saturated heterocycles. The zero-order valence-electron chi connectivity index (χ0n) is 13.3. The van der Waals surface area contributed by atoms with Gasteiger partial charge in [-0.2, -0.15) is 5.10 Å². The Morgan fingerprint density at radius 3 is 2.52 bits per heavy atom. The quantitative estimate of drug-likeness (QED) is 0.886. The molecule has 2 heterocycles. The summed E-state index contributed by atoms with van der Waals surface area (Å²) in [5.41, 5.74) is 1.93. The Hall–Kier alpha value is -1.54. The SMILES string of the molecule is Cc1nn(C)c(Sc2n[nH]c(=O)n2C)c1CNC(C)(C)C. The predicted octanol–water partition coefficient (Wildman–Crippen LogP) is 1.19. The number of hydrogen-bond acceptors (Lipinski definition) is 5. The maximum atomic E-state index is 11.5. The molecular formula is C13H22N6OS. The molecule has 0 aliphatic heterocycles. The molecule has 0 spiro atoms. The third kappa shape index (κ3) is 3.56. The minimum absolute atomic E-state index is 0.0312. The largest absolute Gasteiger partial charge is 0.343 e. The van der Waals surface area contributed by atoms with E-state index in [0.717, 1.165) is 22.8 Å². The van der Waals surface area contributed by atoms with Gasteiger partial charge in [0.1, 0.15) is 5.03 Å². The van der Waals surface area contributed by atoms with Crippen molar-refractivity contribution in [1.29, 1.82) is 0 Å². The number of hydrogen-bond donors (Lipinski definition) is 2. The molecule has 8 heteroatoms. The molecule has 0 aliphatic rings. The predicted molar refractivity (Wildman–Crippen MR) is 82.5 cm³/mol. The summed E-state index contributed by atoms with van der Waals surface area (Å²) in [6, 6.07) is 0. The van der Waals surface area contributed by atoms with Crippen LogP contribution in [0.15, 0.2) is 15.0 Å². The molecule has 0 aliphatic carbocycles. The lowest BCUT2D eigenvalue weighted by atomic mass is 10.1. The van der Waals surface area contributed by atoms with Gasteiger partial charge in [-0.25, -0.2) is 9.89 Å². The van der Waals surface area contributed by atoms with Crippen molar-refractivity contribution in [2.24, 2.45) is 14.1 Å². The average Bonchev–Trinajstić information content (AvgIpc) is 2.81. The summed E-state index contributed by atoms with van der Waals surface area (Å²) in [6.07, 6.45) is 0. The zero-order chi connectivity index (χ0) is 15.8. The van der Waals surface area contributed by atoms with E-state index in [-0.39, 0.29) is 11.2 Å². The monoisotopic (exact) mass is 310 g/mol. The van der Waals surface area contributed by atoms with Gasteiger partial charge >= 0.3 is 5.69 Å². The Morgan fingerprint density at radius 2 is 2.00 bits per heavy atom. The lowest BCUT2D eigenvalue weighted by Crippen LogP contribution is -2.35. The summed E-state index contributed by atoms with van der Waals surface area (Å²) in [5, 5.41) is 16.1. The number of nitrogens with one attached hydrogen (secondary N) is 2. The molecule has 2 aromatic rings. The number of rotatable bonds is 4. The smallest absolute Gasteiger partial charge is 0.308 e. The summed E-state index contributed by atoms with van der Waals surface area (Å²) in [6.45, 7) is 9.10. The van der Waals surface area contributed by atoms with Crippen molar-refractivity contribution in [3.63, 3.8) is 0 Å². The van der Waals surface area contributed by atoms with Crippen LogP contribution in [0.4, 0.5) is 0 Å². The molecule has 0 amide bonds. The Labute approximate surface area is 128 Å². The summed E-state index contributed by atoms with van der Waals surface area (Å²) < 4.78 is 3.33. The molecule has 0 unspecified atom stereocenters. The molecule has 0 atom stereocenters. The minimum Gasteiger partial charge on any atom is -0.308 e. The fourth-order valence-electron chi connectivity index (χ4n) is 1.88. The third-order valence-electron chi connectivity index (χ3n) is 3.11. The van der Waals surface area contributed by atoms with Crippen LogP contribution in [0.3, 0.4) is 0 Å². The lowest BCUT2D eigenvalue weighted by molar-refractivity contribution is 0.421. The summed E-state index contributed by atoms with van der Waals surface area (Å²) in [5.74, 6) is 0. The van der Waals surface area contributed by atoms with Gasteiger partial charge in [0, 0.05) is 31.7 Å². The average molecular weight is 310 g/mol. The van der Waals surface area contributed by atoms with Gasteiger partial charge in [-0.3, -0.25) is 9.25 Å². The van der Waals surface area contributed by atoms with Gasteiger partial charge in [0.25, 0.3) is 0 Å². The Kier molecular flexibility index (Phi) is 4.29. The van der Waals surface area contributed by atoms with E-state index >= 15 is 0 Å². The molecule has 0 bridgehead atoms. The Bertz CT molecular complexity index is 691. The van der Waals surface area contributed by atoms with Crippen molar-refractivity contribution in [2.75, 3.05) is 0 Å². The van der Waals surface area contributed by atoms with Gasteiger partial charge in [0.05, 0.1) is 5.69 Å². The van der Waals surface area contributed by atoms with Crippen LogP contribution in [0.2, 0.25) is 0 Å². The zero-order valence-corrected chi connectivity index (χ0v) is 14.1. The van der Waals surface area contributed by atoms with Crippen LogP contribution < -0.4 is 11.0 Å². The molecule has 0 radical (unpaired) electrons. The van der Waals surface area contributed by atoms with Crippen molar-refractivity contribution in [3.05, 3.63) is 21.7 Å². The van der Waals surface area contributed by atoms with Crippen molar-refractivity contribution in [1.82, 2.24) is 29.9 Å². The first-order valence-corrected chi connectivity index (χ1v) is 7.57. The molecule has 0 fully saturated rings. The molecule has 0 saturated carbocycles. The fourth-order valence-corrected chi connectivity index (χ4v) is 2.88. The van der Waals surface area contributed by atoms with Crippen molar-refractivity contribution in [2.45, 2.75) is 50.0 Å². The van der Waals surface area contributed by atoms with E-state index in [1.807, 2.05) is 18.7 Å². The third-order valence-corrected chi connectivity index (χ3v) is 4.36. The number of nitrogens with zero attached hydrogens (tertiary/aromatic N) is 4. The van der Waals surface area contributed by atoms with Crippen LogP contribution in [-0.2, 0) is 20.6 Å². The summed E-state index contributed by atoms with van der Waals surface area (Å²) in [7, 11) is 3.60. The first-order valence-electron chi connectivity index (χ1n) is 6.76. The van der Waals surface area contributed by atoms with Gasteiger partial charge in [-0.15, -0.1) is 5.10 Å². The van der Waals surface area contributed by atoms with Crippen LogP contribution >= 0.6 is 11.8 Å². The first-order chi connectivity index (χ1) is 9.69. The second kappa shape index (κ2) is 5.69. The highest BCUT2D eigenvalue weighted by molar-refractivity contribution is 7.99. The van der Waals surface area contributed by atoms with Crippen LogP contribution in [0.25, 0.3) is 0 Å². The number of H-pyrrole nitrogens is 1. The topological polar surface area (TPSA) is 80.5 Å². The highest BCUT2D eigenvalue weighted by atomic mass is 32.2. The molecule has 21 heavy (non-hydrogen) atoms. The van der Waals surface area contributed by atoms with E-state index in [9.17, 15) is 4.79 Å². The number of aromatic amines is 1. The van der Waals surface area contributed by atoms with Gasteiger partial charge in [-0.1, -0.05) is 0 Å². The molecular weight excluding hydrogens is 288 g/mol. The second-order valence-electron chi connectivity index (χ2n) is 6.07. The molecule has 2 aromatic heterocycles. The van der Waals surface area contributed by atoms with Crippen LogP contribution in [0.1, 0.15) is 32.0 Å². The van der Waals surface area contributed by atoms with Crippen molar-refractivity contribution in [3.8, 4) is 0 Å². The van der Waals surface area contributed by atoms with Crippen molar-refractivity contribution < 1.29 is 0 Å². The summed E-state index contributed by atoms with van der Waals surface area (Å²) >= 11 is 1.44. The van der Waals surface area contributed by atoms with E-state index in [1.165, 1.54) is 16.3 Å². The molecule has 0 aromatic carbocycles. The lowest BCUT2D eigenvalue weighted by Gasteiger charge is -2.20. The van der Waals surface area contributed by atoms with Gasteiger partial charge in [-0.05, 0) is 39.5 Å². The highest BCUT2D eigenvalue weighted by Gasteiger charge is 2.19. The van der Waals surface area contributed by atoms with Crippen LogP contribution in [0.5, 0.6) is 0 Å². The summed E-state index contributed by atoms with van der Waals surface area (Å²) in [4.78, 5) is 11.5. The van der Waals surface area contributed by atoms with E-state index in [1.54, 1.807) is 7.05 Å². The van der Waals surface area contributed by atoms with Gasteiger partial charge < -0.3 is 5.32 Å². The van der Waals surface area contributed by atoms with Crippen LogP contribution in [-0.4, -0.2) is 30.1 Å². The molecule has 2 N–H and O–H groups in total. The molecule has 116 valence electrons. The van der Waals surface area contributed by atoms with E-state index in [2.05, 4.69) is 41.4 Å². The Morgan fingerprint density at radius 1 is 1.33 bits per heavy atom. The van der Waals surface area contributed by atoms with E-state index < -0.39 is 0 Å².